The first-order chi connectivity index (χ1) is 7.32. The maximum absolute atomic E-state index is 10.1. The second-order valence-electron chi connectivity index (χ2n) is 2.87. The Morgan fingerprint density at radius 1 is 1.50 bits per heavy atom. The number of hydrogen-bond donors (Lipinski definition) is 4. The summed E-state index contributed by atoms with van der Waals surface area (Å²) in [6, 6.07) is 0. The number of imide groups is 1. The summed E-state index contributed by atoms with van der Waals surface area (Å²) >= 11 is 1.01. The van der Waals surface area contributed by atoms with Gasteiger partial charge in [0.1, 0.15) is 0 Å². The van der Waals surface area contributed by atoms with E-state index in [-0.39, 0.29) is 23.1 Å². The number of guanidine groups is 2. The van der Waals surface area contributed by atoms with Gasteiger partial charge < -0.3 is 16.4 Å². The van der Waals surface area contributed by atoms with E-state index in [1.807, 2.05) is 0 Å². The molecule has 1 heterocycles. The number of hydrogen-bond acceptors (Lipinski definition) is 4. The monoisotopic (exact) mass is 246 g/mol. The highest BCUT2D eigenvalue weighted by atomic mass is 32.2. The van der Waals surface area contributed by atoms with Crippen LogP contribution < -0.4 is 16.8 Å². The van der Waals surface area contributed by atoms with E-state index in [1.54, 1.807) is 19.0 Å². The molecule has 9 heteroatoms. The number of amides is 2. The summed E-state index contributed by atoms with van der Waals surface area (Å²) in [5, 5.41) is 8.57. The molecule has 1 rings (SSSR count). The van der Waals surface area contributed by atoms with Gasteiger partial charge in [-0.1, -0.05) is 11.8 Å². The summed E-state index contributed by atoms with van der Waals surface area (Å²) in [7, 11) is 3.45. The summed E-state index contributed by atoms with van der Waals surface area (Å²) in [5.74, 6) is 0.0671. The van der Waals surface area contributed by atoms with Crippen LogP contribution in [0.25, 0.3) is 0 Å². The molecule has 0 saturated carbocycles. The maximum atomic E-state index is 10.1. The zero-order valence-corrected chi connectivity index (χ0v) is 9.80. The van der Waals surface area contributed by atoms with Gasteiger partial charge in [-0.25, -0.2) is 0 Å². The molecule has 0 aromatic carbocycles. The summed E-state index contributed by atoms with van der Waals surface area (Å²) in [5.41, 5.74) is 10.2. The highest BCUT2D eigenvalue weighted by Gasteiger charge is 2.16. The Labute approximate surface area is 96.9 Å². The van der Waals surface area contributed by atoms with Gasteiger partial charge in [0, 0.05) is 14.1 Å². The highest BCUT2D eigenvalue weighted by molar-refractivity contribution is 8.14. The first-order valence-corrected chi connectivity index (χ1v) is 5.13. The van der Waals surface area contributed by atoms with Crippen molar-refractivity contribution < 1.29 is 9.59 Å². The van der Waals surface area contributed by atoms with Crippen LogP contribution in [0.1, 0.15) is 0 Å². The van der Waals surface area contributed by atoms with Crippen LogP contribution in [0.5, 0.6) is 0 Å². The number of nitrogens with two attached hydrogens (primary N) is 2. The third-order valence-electron chi connectivity index (χ3n) is 1.27. The van der Waals surface area contributed by atoms with Gasteiger partial charge in [0.05, 0.1) is 5.75 Å². The standard InChI is InChI=1S/C4H11N5.C3H3NO2S/c1-9(2)4(7)8-3(5)6;5-2-1-7-3(6)4-2/h1-2H3,(H5,5,6,7,8);1H2,(H,4,5,6). The van der Waals surface area contributed by atoms with Crippen molar-refractivity contribution in [1.82, 2.24) is 10.2 Å². The van der Waals surface area contributed by atoms with Gasteiger partial charge in [-0.2, -0.15) is 4.99 Å². The maximum Gasteiger partial charge on any atom is 0.286 e. The third kappa shape index (κ3) is 6.65. The van der Waals surface area contributed by atoms with Gasteiger partial charge in [0.2, 0.25) is 11.9 Å². The highest BCUT2D eigenvalue weighted by Crippen LogP contribution is 2.06. The Bertz CT molecular complexity index is 313. The fourth-order valence-electron chi connectivity index (χ4n) is 0.541. The molecule has 1 aliphatic rings. The fourth-order valence-corrected chi connectivity index (χ4v) is 1.06. The first kappa shape index (κ1) is 14.2. The number of carbonyl (C=O) groups is 2. The molecule has 0 spiro atoms. The van der Waals surface area contributed by atoms with Crippen molar-refractivity contribution in [1.29, 1.82) is 5.41 Å². The van der Waals surface area contributed by atoms with Gasteiger partial charge in [0.25, 0.3) is 5.24 Å². The summed E-state index contributed by atoms with van der Waals surface area (Å²) in [6.45, 7) is 0. The Balaban J connectivity index is 0.000000288. The summed E-state index contributed by atoms with van der Waals surface area (Å²) < 4.78 is 0. The lowest BCUT2D eigenvalue weighted by Gasteiger charge is -2.08. The molecule has 6 N–H and O–H groups in total. The molecule has 8 nitrogen and oxygen atoms in total. The zero-order chi connectivity index (χ0) is 12.7. The molecule has 0 radical (unpaired) electrons. The Morgan fingerprint density at radius 3 is 2.19 bits per heavy atom. The Morgan fingerprint density at radius 2 is 2.06 bits per heavy atom. The van der Waals surface area contributed by atoms with Crippen LogP contribution in [-0.2, 0) is 4.79 Å². The molecule has 0 bridgehead atoms. The van der Waals surface area contributed by atoms with E-state index < -0.39 is 0 Å². The van der Waals surface area contributed by atoms with Crippen LogP contribution in [0, 0.1) is 5.41 Å². The van der Waals surface area contributed by atoms with E-state index in [2.05, 4.69) is 10.3 Å². The molecule has 16 heavy (non-hydrogen) atoms. The van der Waals surface area contributed by atoms with E-state index in [4.69, 9.17) is 16.9 Å². The second-order valence-corrected chi connectivity index (χ2v) is 3.82. The Hall–Kier alpha value is -1.77. The fraction of sp³-hybridized carbons (Fsp3) is 0.429. The van der Waals surface area contributed by atoms with Gasteiger partial charge in [0.15, 0.2) is 5.96 Å². The number of thioether (sulfide) groups is 1. The second kappa shape index (κ2) is 6.67. The minimum atomic E-state index is -0.277. The lowest BCUT2D eigenvalue weighted by molar-refractivity contribution is -0.117. The van der Waals surface area contributed by atoms with Crippen molar-refractivity contribution in [3.05, 3.63) is 0 Å². The molecular formula is C7H14N6O2S. The van der Waals surface area contributed by atoms with Gasteiger partial charge in [-0.3, -0.25) is 20.3 Å². The largest absolute Gasteiger partial charge is 0.369 e. The molecule has 0 aliphatic carbocycles. The minimum Gasteiger partial charge on any atom is -0.369 e. The summed E-state index contributed by atoms with van der Waals surface area (Å²) in [4.78, 5) is 25.2. The minimum absolute atomic E-state index is 0.185. The third-order valence-corrected chi connectivity index (χ3v) is 2.04. The first-order valence-electron chi connectivity index (χ1n) is 4.15. The van der Waals surface area contributed by atoms with Crippen molar-refractivity contribution in [3.8, 4) is 0 Å². The molecule has 2 amide bonds. The van der Waals surface area contributed by atoms with Crippen LogP contribution in [0.15, 0.2) is 4.99 Å². The van der Waals surface area contributed by atoms with E-state index >= 15 is 0 Å². The number of aliphatic imine (C=N–C) groups is 1. The lowest BCUT2D eigenvalue weighted by atomic mass is 10.7. The average molecular weight is 246 g/mol. The van der Waals surface area contributed by atoms with Gasteiger partial charge in [-0.05, 0) is 0 Å². The number of rotatable bonds is 0. The molecule has 0 unspecified atom stereocenters. The smallest absolute Gasteiger partial charge is 0.286 e. The van der Waals surface area contributed by atoms with Crippen LogP contribution in [0.3, 0.4) is 0 Å². The van der Waals surface area contributed by atoms with Crippen molar-refractivity contribution in [2.45, 2.75) is 0 Å². The lowest BCUT2D eigenvalue weighted by Crippen LogP contribution is -2.32. The predicted molar refractivity (Wildman–Crippen MR) is 63.2 cm³/mol. The molecule has 1 aliphatic heterocycles. The number of carbonyl (C=O) groups excluding carboxylic acids is 2. The van der Waals surface area contributed by atoms with E-state index in [0.717, 1.165) is 11.8 Å². The quantitative estimate of drug-likeness (QED) is 0.310. The van der Waals surface area contributed by atoms with E-state index in [0.29, 0.717) is 5.75 Å². The van der Waals surface area contributed by atoms with Crippen molar-refractivity contribution in [2.75, 3.05) is 19.8 Å². The SMILES string of the molecule is CN(C)C(N)=NC(=N)N.O=C1CSC(=O)N1. The van der Waals surface area contributed by atoms with Crippen LogP contribution in [-0.4, -0.2) is 47.8 Å². The van der Waals surface area contributed by atoms with Gasteiger partial charge >= 0.3 is 0 Å². The number of nitrogens with zero attached hydrogens (tertiary/aromatic N) is 2. The molecule has 1 saturated heterocycles. The number of nitrogens with one attached hydrogen (secondary N) is 2. The van der Waals surface area contributed by atoms with E-state index in [9.17, 15) is 9.59 Å². The molecule has 0 aromatic rings. The Kier molecular flexibility index (Phi) is 5.93. The van der Waals surface area contributed by atoms with Crippen molar-refractivity contribution in [2.24, 2.45) is 16.5 Å². The van der Waals surface area contributed by atoms with Crippen LogP contribution >= 0.6 is 11.8 Å². The topological polar surface area (TPSA) is 138 Å². The molecular weight excluding hydrogens is 232 g/mol. The van der Waals surface area contributed by atoms with Crippen molar-refractivity contribution >= 4 is 34.8 Å². The predicted octanol–water partition coefficient (Wildman–Crippen LogP) is -1.27. The molecule has 90 valence electrons. The molecule has 1 fully saturated rings. The van der Waals surface area contributed by atoms with E-state index in [1.165, 1.54) is 0 Å². The molecule has 0 atom stereocenters. The molecule has 0 aromatic heterocycles. The van der Waals surface area contributed by atoms with Crippen LogP contribution in [0.2, 0.25) is 0 Å². The summed E-state index contributed by atoms with van der Waals surface area (Å²) in [6.07, 6.45) is 0. The van der Waals surface area contributed by atoms with Crippen LogP contribution in [0.4, 0.5) is 4.79 Å². The zero-order valence-electron chi connectivity index (χ0n) is 8.98. The van der Waals surface area contributed by atoms with Crippen molar-refractivity contribution in [3.63, 3.8) is 0 Å². The van der Waals surface area contributed by atoms with Gasteiger partial charge in [-0.15, -0.1) is 0 Å². The normalized spacial score (nSPS) is 15.0. The average Bonchev–Trinajstić information content (AvgIpc) is 2.49.